The van der Waals surface area contributed by atoms with E-state index in [1.807, 2.05) is 38.1 Å². The molecule has 8 heteroatoms. The molecule has 0 bridgehead atoms. The fourth-order valence-electron chi connectivity index (χ4n) is 3.42. The van der Waals surface area contributed by atoms with Crippen molar-refractivity contribution in [2.75, 3.05) is 44.7 Å². The molecule has 3 rings (SSSR count). The summed E-state index contributed by atoms with van der Waals surface area (Å²) in [5.74, 6) is 0.781. The lowest BCUT2D eigenvalue weighted by Gasteiger charge is -2.36. The molecule has 1 N–H and O–H groups in total. The monoisotopic (exact) mass is 431 g/mol. The number of anilines is 1. The molecule has 0 atom stereocenters. The van der Waals surface area contributed by atoms with Crippen LogP contribution in [0, 0.1) is 13.8 Å². The van der Waals surface area contributed by atoms with Crippen molar-refractivity contribution >= 4 is 21.6 Å². The maximum atomic E-state index is 12.5. The first-order valence-corrected chi connectivity index (χ1v) is 11.5. The van der Waals surface area contributed by atoms with Crippen molar-refractivity contribution < 1.29 is 17.9 Å². The van der Waals surface area contributed by atoms with Gasteiger partial charge in [-0.1, -0.05) is 6.07 Å². The Morgan fingerprint density at radius 2 is 1.67 bits per heavy atom. The standard InChI is InChI=1S/C22H29N3O4S/c1-17-4-9-21(16-18(17)2)30(27,28)23-11-10-22(26)25-14-12-24(13-15-25)19-5-7-20(29-3)8-6-19/h4-9,16,23H,10-15H2,1-3H3. The summed E-state index contributed by atoms with van der Waals surface area (Å²) >= 11 is 0. The summed E-state index contributed by atoms with van der Waals surface area (Å²) < 4.78 is 32.6. The average molecular weight is 432 g/mol. The van der Waals surface area contributed by atoms with E-state index < -0.39 is 10.0 Å². The predicted molar refractivity (Wildman–Crippen MR) is 118 cm³/mol. The van der Waals surface area contributed by atoms with Gasteiger partial charge < -0.3 is 14.5 Å². The molecule has 0 spiro atoms. The molecule has 1 fully saturated rings. The molecule has 0 radical (unpaired) electrons. The molecule has 0 aliphatic carbocycles. The van der Waals surface area contributed by atoms with Crippen LogP contribution in [0.1, 0.15) is 17.5 Å². The molecule has 30 heavy (non-hydrogen) atoms. The number of benzene rings is 2. The quantitative estimate of drug-likeness (QED) is 0.728. The van der Waals surface area contributed by atoms with E-state index >= 15 is 0 Å². The number of carbonyl (C=O) groups is 1. The predicted octanol–water partition coefficient (Wildman–Crippen LogP) is 2.33. The topological polar surface area (TPSA) is 79.0 Å². The van der Waals surface area contributed by atoms with Crippen LogP contribution in [0.15, 0.2) is 47.4 Å². The van der Waals surface area contributed by atoms with E-state index in [0.29, 0.717) is 13.1 Å². The number of rotatable bonds is 7. The van der Waals surface area contributed by atoms with Crippen LogP contribution in [-0.2, 0) is 14.8 Å². The summed E-state index contributed by atoms with van der Waals surface area (Å²) in [6.07, 6.45) is 0.145. The third-order valence-electron chi connectivity index (χ3n) is 5.49. The number of carbonyl (C=O) groups excluding carboxylic acids is 1. The molecule has 162 valence electrons. The van der Waals surface area contributed by atoms with Gasteiger partial charge in [0.15, 0.2) is 0 Å². The van der Waals surface area contributed by atoms with E-state index in [1.165, 1.54) is 0 Å². The summed E-state index contributed by atoms with van der Waals surface area (Å²) in [6, 6.07) is 12.9. The fraction of sp³-hybridized carbons (Fsp3) is 0.409. The van der Waals surface area contributed by atoms with Gasteiger partial charge in [-0.25, -0.2) is 13.1 Å². The molecule has 2 aromatic carbocycles. The Kier molecular flexibility index (Phi) is 6.99. The molecule has 0 aromatic heterocycles. The highest BCUT2D eigenvalue weighted by molar-refractivity contribution is 7.89. The van der Waals surface area contributed by atoms with Crippen LogP contribution in [0.25, 0.3) is 0 Å². The molecule has 2 aromatic rings. The van der Waals surface area contributed by atoms with Crippen LogP contribution < -0.4 is 14.4 Å². The minimum Gasteiger partial charge on any atom is -0.497 e. The van der Waals surface area contributed by atoms with Crippen LogP contribution in [0.4, 0.5) is 5.69 Å². The van der Waals surface area contributed by atoms with Gasteiger partial charge >= 0.3 is 0 Å². The van der Waals surface area contributed by atoms with Gasteiger partial charge in [0.25, 0.3) is 0 Å². The second kappa shape index (κ2) is 9.49. The number of aryl methyl sites for hydroxylation is 2. The van der Waals surface area contributed by atoms with E-state index in [1.54, 1.807) is 30.2 Å². The number of nitrogens with zero attached hydrogens (tertiary/aromatic N) is 2. The normalized spacial score (nSPS) is 14.6. The number of hydrogen-bond acceptors (Lipinski definition) is 5. The van der Waals surface area contributed by atoms with Crippen molar-refractivity contribution in [2.24, 2.45) is 0 Å². The van der Waals surface area contributed by atoms with Crippen molar-refractivity contribution in [3.63, 3.8) is 0 Å². The maximum absolute atomic E-state index is 12.5. The van der Waals surface area contributed by atoms with Gasteiger partial charge in [-0.2, -0.15) is 0 Å². The number of sulfonamides is 1. The Bertz CT molecular complexity index is 982. The number of piperazine rings is 1. The number of hydrogen-bond donors (Lipinski definition) is 1. The highest BCUT2D eigenvalue weighted by Crippen LogP contribution is 2.20. The molecule has 7 nitrogen and oxygen atoms in total. The van der Waals surface area contributed by atoms with Crippen molar-refractivity contribution in [3.05, 3.63) is 53.6 Å². The van der Waals surface area contributed by atoms with Crippen LogP contribution in [0.3, 0.4) is 0 Å². The zero-order valence-electron chi connectivity index (χ0n) is 17.7. The second-order valence-electron chi connectivity index (χ2n) is 7.46. The molecular formula is C22H29N3O4S. The largest absolute Gasteiger partial charge is 0.497 e. The van der Waals surface area contributed by atoms with Gasteiger partial charge in [0.05, 0.1) is 12.0 Å². The van der Waals surface area contributed by atoms with Gasteiger partial charge in [-0.15, -0.1) is 0 Å². The SMILES string of the molecule is COc1ccc(N2CCN(C(=O)CCNS(=O)(=O)c3ccc(C)c(C)c3)CC2)cc1. The second-order valence-corrected chi connectivity index (χ2v) is 9.23. The summed E-state index contributed by atoms with van der Waals surface area (Å²) in [6.45, 7) is 6.63. The first-order chi connectivity index (χ1) is 14.3. The van der Waals surface area contributed by atoms with E-state index in [9.17, 15) is 13.2 Å². The van der Waals surface area contributed by atoms with E-state index in [4.69, 9.17) is 4.74 Å². The molecular weight excluding hydrogens is 402 g/mol. The Balaban J connectivity index is 1.47. The zero-order valence-corrected chi connectivity index (χ0v) is 18.5. The van der Waals surface area contributed by atoms with Gasteiger partial charge in [0.1, 0.15) is 5.75 Å². The summed E-state index contributed by atoms with van der Waals surface area (Å²) in [4.78, 5) is 16.8. The van der Waals surface area contributed by atoms with Crippen LogP contribution >= 0.6 is 0 Å². The summed E-state index contributed by atoms with van der Waals surface area (Å²) in [5, 5.41) is 0. The highest BCUT2D eigenvalue weighted by Gasteiger charge is 2.22. The highest BCUT2D eigenvalue weighted by atomic mass is 32.2. The van der Waals surface area contributed by atoms with E-state index in [0.717, 1.165) is 35.7 Å². The Morgan fingerprint density at radius 1 is 1.00 bits per heavy atom. The fourth-order valence-corrected chi connectivity index (χ4v) is 4.54. The minimum atomic E-state index is -3.62. The molecule has 1 aliphatic heterocycles. The lowest BCUT2D eigenvalue weighted by atomic mass is 10.1. The number of nitrogens with one attached hydrogen (secondary N) is 1. The lowest BCUT2D eigenvalue weighted by molar-refractivity contribution is -0.131. The van der Waals surface area contributed by atoms with Crippen molar-refractivity contribution in [1.29, 1.82) is 0 Å². The van der Waals surface area contributed by atoms with Gasteiger partial charge in [0, 0.05) is 44.8 Å². The number of methoxy groups -OCH3 is 1. The van der Waals surface area contributed by atoms with Crippen LogP contribution in [0.5, 0.6) is 5.75 Å². The molecule has 1 heterocycles. The number of ether oxygens (including phenoxy) is 1. The van der Waals surface area contributed by atoms with Crippen LogP contribution in [-0.4, -0.2) is 59.1 Å². The Labute approximate surface area is 178 Å². The number of amides is 1. The first kappa shape index (κ1) is 22.1. The maximum Gasteiger partial charge on any atom is 0.240 e. The van der Waals surface area contributed by atoms with Gasteiger partial charge in [-0.3, -0.25) is 4.79 Å². The molecule has 1 saturated heterocycles. The third kappa shape index (κ3) is 5.31. The minimum absolute atomic E-state index is 0.0350. The average Bonchev–Trinajstić information content (AvgIpc) is 2.75. The summed E-state index contributed by atoms with van der Waals surface area (Å²) in [7, 11) is -1.98. The van der Waals surface area contributed by atoms with E-state index in [-0.39, 0.29) is 23.8 Å². The first-order valence-electron chi connectivity index (χ1n) is 10.0. The smallest absolute Gasteiger partial charge is 0.240 e. The molecule has 0 unspecified atom stereocenters. The summed E-state index contributed by atoms with van der Waals surface area (Å²) in [5.41, 5.74) is 3.06. The zero-order chi connectivity index (χ0) is 21.7. The molecule has 0 saturated carbocycles. The van der Waals surface area contributed by atoms with Crippen molar-refractivity contribution in [1.82, 2.24) is 9.62 Å². The Hall–Kier alpha value is -2.58. The molecule has 1 aliphatic rings. The van der Waals surface area contributed by atoms with Crippen LogP contribution in [0.2, 0.25) is 0 Å². The lowest BCUT2D eigenvalue weighted by Crippen LogP contribution is -2.49. The Morgan fingerprint density at radius 3 is 2.27 bits per heavy atom. The van der Waals surface area contributed by atoms with Gasteiger partial charge in [-0.05, 0) is 61.4 Å². The van der Waals surface area contributed by atoms with Crippen molar-refractivity contribution in [2.45, 2.75) is 25.2 Å². The third-order valence-corrected chi connectivity index (χ3v) is 6.95. The van der Waals surface area contributed by atoms with Gasteiger partial charge in [0.2, 0.25) is 15.9 Å². The van der Waals surface area contributed by atoms with Crippen molar-refractivity contribution in [3.8, 4) is 5.75 Å². The van der Waals surface area contributed by atoms with E-state index in [2.05, 4.69) is 9.62 Å². The molecule has 1 amide bonds.